The largest absolute Gasteiger partial charge is 0.489 e. The van der Waals surface area contributed by atoms with Gasteiger partial charge >= 0.3 is 6.09 Å². The molecule has 1 saturated heterocycles. The highest BCUT2D eigenvalue weighted by molar-refractivity contribution is 5.68. The minimum absolute atomic E-state index is 0.130. The number of ether oxygens (including phenoxy) is 2. The maximum atomic E-state index is 12.6. The number of pyridine rings is 1. The predicted molar refractivity (Wildman–Crippen MR) is 119 cm³/mol. The van der Waals surface area contributed by atoms with Crippen LogP contribution in [0.1, 0.15) is 69.7 Å². The first-order valence-electron chi connectivity index (χ1n) is 12.0. The van der Waals surface area contributed by atoms with E-state index in [1.54, 1.807) is 4.68 Å². The second-order valence-corrected chi connectivity index (χ2v) is 9.61. The lowest BCUT2D eigenvalue weighted by atomic mass is 9.98. The van der Waals surface area contributed by atoms with Gasteiger partial charge in [0.2, 0.25) is 0 Å². The van der Waals surface area contributed by atoms with E-state index in [4.69, 9.17) is 14.5 Å². The van der Waals surface area contributed by atoms with E-state index in [-0.39, 0.29) is 18.8 Å². The molecule has 2 aromatic rings. The van der Waals surface area contributed by atoms with Gasteiger partial charge in [0.15, 0.2) is 0 Å². The van der Waals surface area contributed by atoms with Crippen LogP contribution in [0, 0.1) is 5.41 Å². The standard InChI is InChI=1S/C24H33N5O3/c1-3-18-21(32-17-7-5-4-6-8-17)10-9-19(25-18)22-20(28(2)27-26-22)15-31-23(30)29-14-13-24(16-29)11-12-24/h9-10,17H,3-8,11-16H2,1-2H3. The van der Waals surface area contributed by atoms with E-state index in [1.807, 2.05) is 24.1 Å². The summed E-state index contributed by atoms with van der Waals surface area (Å²) in [7, 11) is 1.82. The molecule has 3 heterocycles. The van der Waals surface area contributed by atoms with E-state index in [0.717, 1.165) is 61.6 Å². The molecule has 1 aliphatic heterocycles. The summed E-state index contributed by atoms with van der Waals surface area (Å²) in [6, 6.07) is 3.93. The molecule has 32 heavy (non-hydrogen) atoms. The second-order valence-electron chi connectivity index (χ2n) is 9.61. The molecule has 2 aliphatic carbocycles. The van der Waals surface area contributed by atoms with Crippen LogP contribution in [0.3, 0.4) is 0 Å². The zero-order chi connectivity index (χ0) is 22.1. The Kier molecular flexibility index (Phi) is 5.78. The molecule has 8 heteroatoms. The Morgan fingerprint density at radius 1 is 1.19 bits per heavy atom. The van der Waals surface area contributed by atoms with Gasteiger partial charge in [-0.25, -0.2) is 14.5 Å². The van der Waals surface area contributed by atoms with E-state index in [1.165, 1.54) is 32.1 Å². The first-order valence-corrected chi connectivity index (χ1v) is 12.0. The zero-order valence-electron chi connectivity index (χ0n) is 19.2. The minimum Gasteiger partial charge on any atom is -0.489 e. The molecule has 0 bridgehead atoms. The first-order chi connectivity index (χ1) is 15.6. The van der Waals surface area contributed by atoms with Crippen molar-refractivity contribution in [1.82, 2.24) is 24.9 Å². The van der Waals surface area contributed by atoms with E-state index in [0.29, 0.717) is 11.1 Å². The van der Waals surface area contributed by atoms with Gasteiger partial charge in [-0.3, -0.25) is 0 Å². The Labute approximate surface area is 189 Å². The highest BCUT2D eigenvalue weighted by Gasteiger charge is 2.49. The highest BCUT2D eigenvalue weighted by Crippen LogP contribution is 2.52. The molecule has 0 aromatic carbocycles. The fourth-order valence-corrected chi connectivity index (χ4v) is 4.98. The molecule has 3 fully saturated rings. The quantitative estimate of drug-likeness (QED) is 0.668. The van der Waals surface area contributed by atoms with Crippen molar-refractivity contribution >= 4 is 6.09 Å². The summed E-state index contributed by atoms with van der Waals surface area (Å²) in [5.74, 6) is 0.864. The third-order valence-electron chi connectivity index (χ3n) is 7.28. The zero-order valence-corrected chi connectivity index (χ0v) is 19.2. The van der Waals surface area contributed by atoms with Crippen LogP contribution >= 0.6 is 0 Å². The third kappa shape index (κ3) is 4.32. The number of rotatable bonds is 6. The number of aromatic nitrogens is 4. The molecule has 5 rings (SSSR count). The number of nitrogens with zero attached hydrogens (tertiary/aromatic N) is 5. The van der Waals surface area contributed by atoms with Crippen molar-refractivity contribution in [1.29, 1.82) is 0 Å². The van der Waals surface area contributed by atoms with Crippen molar-refractivity contribution in [3.05, 3.63) is 23.5 Å². The molecule has 0 unspecified atom stereocenters. The molecule has 0 radical (unpaired) electrons. The summed E-state index contributed by atoms with van der Waals surface area (Å²) in [6.07, 6.45) is 10.4. The first kappa shape index (κ1) is 21.2. The number of carbonyl (C=O) groups is 1. The number of hydrogen-bond acceptors (Lipinski definition) is 6. The Balaban J connectivity index is 1.29. The highest BCUT2D eigenvalue weighted by atomic mass is 16.6. The summed E-state index contributed by atoms with van der Waals surface area (Å²) in [5, 5.41) is 8.48. The molecule has 0 N–H and O–H groups in total. The lowest BCUT2D eigenvalue weighted by Gasteiger charge is -2.24. The van der Waals surface area contributed by atoms with Gasteiger partial charge in [0.25, 0.3) is 0 Å². The Morgan fingerprint density at radius 2 is 2.00 bits per heavy atom. The van der Waals surface area contributed by atoms with Gasteiger partial charge in [-0.05, 0) is 68.9 Å². The van der Waals surface area contributed by atoms with E-state index >= 15 is 0 Å². The van der Waals surface area contributed by atoms with Gasteiger partial charge in [0, 0.05) is 20.1 Å². The van der Waals surface area contributed by atoms with Crippen LogP contribution in [0.4, 0.5) is 4.79 Å². The van der Waals surface area contributed by atoms with Crippen molar-refractivity contribution < 1.29 is 14.3 Å². The van der Waals surface area contributed by atoms with E-state index in [2.05, 4.69) is 17.2 Å². The number of hydrogen-bond donors (Lipinski definition) is 0. The smallest absolute Gasteiger partial charge is 0.410 e. The van der Waals surface area contributed by atoms with Gasteiger partial charge in [-0.1, -0.05) is 18.6 Å². The third-order valence-corrected chi connectivity index (χ3v) is 7.28. The van der Waals surface area contributed by atoms with Gasteiger partial charge in [-0.2, -0.15) is 0 Å². The van der Waals surface area contributed by atoms with Gasteiger partial charge in [0.1, 0.15) is 23.7 Å². The van der Waals surface area contributed by atoms with Crippen LogP contribution in [0.25, 0.3) is 11.4 Å². The molecular formula is C24H33N5O3. The van der Waals surface area contributed by atoms with Crippen molar-refractivity contribution in [3.8, 4) is 17.1 Å². The number of aryl methyl sites for hydroxylation is 2. The van der Waals surface area contributed by atoms with Crippen LogP contribution in [0.2, 0.25) is 0 Å². The topological polar surface area (TPSA) is 82.4 Å². The summed E-state index contributed by atoms with van der Waals surface area (Å²) >= 11 is 0. The predicted octanol–water partition coefficient (Wildman–Crippen LogP) is 4.27. The molecule has 3 aliphatic rings. The molecule has 8 nitrogen and oxygen atoms in total. The summed E-state index contributed by atoms with van der Waals surface area (Å²) in [6.45, 7) is 3.83. The van der Waals surface area contributed by atoms with Crippen molar-refractivity contribution in [2.45, 2.75) is 77.4 Å². The maximum Gasteiger partial charge on any atom is 0.410 e. The van der Waals surface area contributed by atoms with Crippen LogP contribution < -0.4 is 4.74 Å². The molecule has 2 aromatic heterocycles. The lowest BCUT2D eigenvalue weighted by Crippen LogP contribution is -2.29. The van der Waals surface area contributed by atoms with Gasteiger partial charge in [0.05, 0.1) is 17.5 Å². The normalized spacial score (nSPS) is 20.0. The molecule has 1 amide bonds. The number of amides is 1. The SMILES string of the molecule is CCc1nc(-c2nnn(C)c2COC(=O)N2CCC3(CC3)C2)ccc1OC1CCCCC1. The minimum atomic E-state index is -0.251. The molecular weight excluding hydrogens is 406 g/mol. The average molecular weight is 440 g/mol. The fourth-order valence-electron chi connectivity index (χ4n) is 4.98. The van der Waals surface area contributed by atoms with E-state index in [9.17, 15) is 4.79 Å². The number of carbonyl (C=O) groups excluding carboxylic acids is 1. The Morgan fingerprint density at radius 3 is 2.72 bits per heavy atom. The Hall–Kier alpha value is -2.64. The Bertz CT molecular complexity index is 978. The van der Waals surface area contributed by atoms with Crippen LogP contribution in [0.5, 0.6) is 5.75 Å². The van der Waals surface area contributed by atoms with Crippen molar-refractivity contribution in [3.63, 3.8) is 0 Å². The van der Waals surface area contributed by atoms with Crippen LogP contribution in [0.15, 0.2) is 12.1 Å². The van der Waals surface area contributed by atoms with Crippen LogP contribution in [-0.4, -0.2) is 50.2 Å². The second kappa shape index (κ2) is 8.71. The monoisotopic (exact) mass is 439 g/mol. The number of likely N-dealkylation sites (tertiary alicyclic amines) is 1. The maximum absolute atomic E-state index is 12.6. The molecule has 172 valence electrons. The van der Waals surface area contributed by atoms with Crippen molar-refractivity contribution in [2.75, 3.05) is 13.1 Å². The summed E-state index contributed by atoms with van der Waals surface area (Å²) in [4.78, 5) is 19.2. The van der Waals surface area contributed by atoms with E-state index < -0.39 is 0 Å². The van der Waals surface area contributed by atoms with Gasteiger partial charge < -0.3 is 14.4 Å². The van der Waals surface area contributed by atoms with Crippen LogP contribution in [-0.2, 0) is 24.8 Å². The van der Waals surface area contributed by atoms with Gasteiger partial charge in [-0.15, -0.1) is 5.10 Å². The molecule has 2 saturated carbocycles. The molecule has 1 spiro atoms. The van der Waals surface area contributed by atoms with Crippen molar-refractivity contribution in [2.24, 2.45) is 12.5 Å². The lowest BCUT2D eigenvalue weighted by molar-refractivity contribution is 0.100. The molecule has 0 atom stereocenters. The fraction of sp³-hybridized carbons (Fsp3) is 0.667. The average Bonchev–Trinajstić information content (AvgIpc) is 3.28. The summed E-state index contributed by atoms with van der Waals surface area (Å²) < 4.78 is 13.6. The summed E-state index contributed by atoms with van der Waals surface area (Å²) in [5.41, 5.74) is 3.44.